The van der Waals surface area contributed by atoms with Crippen LogP contribution in [0.3, 0.4) is 0 Å². The van der Waals surface area contributed by atoms with E-state index in [9.17, 15) is 19.7 Å². The van der Waals surface area contributed by atoms with Crippen LogP contribution in [0, 0.1) is 22.0 Å². The Balaban J connectivity index is 1.35. The van der Waals surface area contributed by atoms with Gasteiger partial charge in [0, 0.05) is 55.2 Å². The summed E-state index contributed by atoms with van der Waals surface area (Å²) < 4.78 is 0. The number of nitro groups is 1. The molecule has 2 fully saturated rings. The lowest BCUT2D eigenvalue weighted by Gasteiger charge is -2.36. The normalized spacial score (nSPS) is 16.5. The summed E-state index contributed by atoms with van der Waals surface area (Å²) in [6.45, 7) is 5.41. The molecule has 2 heterocycles. The SMILES string of the molecule is CC1CCN(C(=O)c2cc(NC(=O)c3cccc([N+](=O)[O-])c3)ccc2N2CCC(Cc3ccccc3)CC2)CC1. The van der Waals surface area contributed by atoms with Crippen molar-refractivity contribution in [2.24, 2.45) is 11.8 Å². The van der Waals surface area contributed by atoms with Crippen LogP contribution < -0.4 is 10.2 Å². The average molecular weight is 541 g/mol. The van der Waals surface area contributed by atoms with Gasteiger partial charge in [-0.25, -0.2) is 0 Å². The minimum absolute atomic E-state index is 0.0141. The lowest BCUT2D eigenvalue weighted by molar-refractivity contribution is -0.384. The molecule has 0 atom stereocenters. The number of amides is 2. The van der Waals surface area contributed by atoms with Crippen LogP contribution in [0.4, 0.5) is 17.1 Å². The quantitative estimate of drug-likeness (QED) is 0.285. The molecule has 40 heavy (non-hydrogen) atoms. The van der Waals surface area contributed by atoms with Crippen molar-refractivity contribution in [3.63, 3.8) is 0 Å². The van der Waals surface area contributed by atoms with E-state index in [0.29, 0.717) is 23.1 Å². The number of hydrogen-bond acceptors (Lipinski definition) is 5. The smallest absolute Gasteiger partial charge is 0.270 e. The van der Waals surface area contributed by atoms with Crippen molar-refractivity contribution >= 4 is 28.9 Å². The van der Waals surface area contributed by atoms with Crippen molar-refractivity contribution in [3.05, 3.63) is 99.6 Å². The topological polar surface area (TPSA) is 95.8 Å². The Morgan fingerprint density at radius 1 is 0.900 bits per heavy atom. The third-order valence-corrected chi connectivity index (χ3v) is 8.20. The first kappa shape index (κ1) is 27.4. The minimum atomic E-state index is -0.523. The number of benzene rings is 3. The standard InChI is InChI=1S/C32H36N4O4/c1-23-12-16-35(17-13-23)32(38)29-22-27(33-31(37)26-8-5-9-28(21-26)36(39)40)10-11-30(29)34-18-14-25(15-19-34)20-24-6-3-2-4-7-24/h2-11,21-23,25H,12-20H2,1H3,(H,33,37). The molecule has 0 bridgehead atoms. The molecule has 2 amide bonds. The highest BCUT2D eigenvalue weighted by Gasteiger charge is 2.28. The van der Waals surface area contributed by atoms with Crippen LogP contribution in [0.5, 0.6) is 0 Å². The third kappa shape index (κ3) is 6.50. The van der Waals surface area contributed by atoms with E-state index >= 15 is 0 Å². The summed E-state index contributed by atoms with van der Waals surface area (Å²) in [4.78, 5) is 41.6. The predicted octanol–water partition coefficient (Wildman–Crippen LogP) is 6.18. The lowest BCUT2D eigenvalue weighted by atomic mass is 9.89. The molecule has 0 unspecified atom stereocenters. The van der Waals surface area contributed by atoms with E-state index in [-0.39, 0.29) is 17.2 Å². The summed E-state index contributed by atoms with van der Waals surface area (Å²) in [7, 11) is 0. The number of hydrogen-bond donors (Lipinski definition) is 1. The second-order valence-electron chi connectivity index (χ2n) is 11.1. The Hall–Kier alpha value is -4.20. The van der Waals surface area contributed by atoms with Crippen LogP contribution in [0.15, 0.2) is 72.8 Å². The molecule has 2 aliphatic rings. The van der Waals surface area contributed by atoms with Crippen molar-refractivity contribution in [2.45, 2.75) is 39.0 Å². The molecule has 1 N–H and O–H groups in total. The minimum Gasteiger partial charge on any atom is -0.371 e. The molecule has 5 rings (SSSR count). The van der Waals surface area contributed by atoms with E-state index in [4.69, 9.17) is 0 Å². The van der Waals surface area contributed by atoms with E-state index < -0.39 is 10.8 Å². The number of carbonyl (C=O) groups is 2. The molecule has 2 saturated heterocycles. The van der Waals surface area contributed by atoms with Gasteiger partial charge in [-0.05, 0) is 73.8 Å². The van der Waals surface area contributed by atoms with Crippen LogP contribution in [0.2, 0.25) is 0 Å². The van der Waals surface area contributed by atoms with Crippen LogP contribution in [0.1, 0.15) is 58.9 Å². The highest BCUT2D eigenvalue weighted by molar-refractivity contribution is 6.06. The van der Waals surface area contributed by atoms with Crippen LogP contribution >= 0.6 is 0 Å². The number of nitrogens with one attached hydrogen (secondary N) is 1. The van der Waals surface area contributed by atoms with Gasteiger partial charge in [-0.3, -0.25) is 19.7 Å². The summed E-state index contributed by atoms with van der Waals surface area (Å²) in [5.41, 5.74) is 3.39. The maximum Gasteiger partial charge on any atom is 0.270 e. The van der Waals surface area contributed by atoms with Gasteiger partial charge in [0.15, 0.2) is 0 Å². The number of nitrogens with zero attached hydrogens (tertiary/aromatic N) is 3. The maximum absolute atomic E-state index is 13.8. The number of anilines is 2. The fourth-order valence-corrected chi connectivity index (χ4v) is 5.73. The van der Waals surface area contributed by atoms with E-state index in [0.717, 1.165) is 64.0 Å². The molecule has 8 heteroatoms. The Morgan fingerprint density at radius 3 is 2.33 bits per heavy atom. The molecule has 3 aromatic carbocycles. The van der Waals surface area contributed by atoms with Gasteiger partial charge in [0.25, 0.3) is 17.5 Å². The van der Waals surface area contributed by atoms with Gasteiger partial charge in [-0.2, -0.15) is 0 Å². The van der Waals surface area contributed by atoms with Crippen molar-refractivity contribution in [1.82, 2.24) is 4.90 Å². The largest absolute Gasteiger partial charge is 0.371 e. The zero-order valence-electron chi connectivity index (χ0n) is 22.9. The van der Waals surface area contributed by atoms with Gasteiger partial charge in [-0.1, -0.05) is 43.3 Å². The first-order valence-electron chi connectivity index (χ1n) is 14.2. The first-order chi connectivity index (χ1) is 19.4. The Morgan fingerprint density at radius 2 is 1.62 bits per heavy atom. The van der Waals surface area contributed by atoms with Gasteiger partial charge in [-0.15, -0.1) is 0 Å². The molecule has 208 valence electrons. The lowest BCUT2D eigenvalue weighted by Crippen LogP contribution is -2.40. The van der Waals surface area contributed by atoms with Crippen molar-refractivity contribution in [3.8, 4) is 0 Å². The van der Waals surface area contributed by atoms with Crippen molar-refractivity contribution < 1.29 is 14.5 Å². The molecule has 0 aliphatic carbocycles. The number of carbonyl (C=O) groups excluding carboxylic acids is 2. The zero-order valence-corrected chi connectivity index (χ0v) is 22.9. The summed E-state index contributed by atoms with van der Waals surface area (Å²) in [6.07, 6.45) is 5.13. The van der Waals surface area contributed by atoms with Crippen LogP contribution in [0.25, 0.3) is 0 Å². The molecule has 8 nitrogen and oxygen atoms in total. The fraction of sp³-hybridized carbons (Fsp3) is 0.375. The average Bonchev–Trinajstić information content (AvgIpc) is 2.98. The van der Waals surface area contributed by atoms with E-state index in [2.05, 4.69) is 41.4 Å². The van der Waals surface area contributed by atoms with E-state index in [1.807, 2.05) is 23.1 Å². The Bertz CT molecular complexity index is 1360. The number of non-ortho nitro benzene ring substituents is 1. The summed E-state index contributed by atoms with van der Waals surface area (Å²) in [6, 6.07) is 21.7. The monoisotopic (exact) mass is 540 g/mol. The summed E-state index contributed by atoms with van der Waals surface area (Å²) in [5, 5.41) is 14.0. The molecule has 2 aliphatic heterocycles. The number of nitro benzene ring substituents is 1. The fourth-order valence-electron chi connectivity index (χ4n) is 5.73. The molecular formula is C32H36N4O4. The molecular weight excluding hydrogens is 504 g/mol. The van der Waals surface area contributed by atoms with Crippen molar-refractivity contribution in [1.29, 1.82) is 0 Å². The predicted molar refractivity (Wildman–Crippen MR) is 157 cm³/mol. The van der Waals surface area contributed by atoms with E-state index in [1.165, 1.54) is 29.8 Å². The second-order valence-corrected chi connectivity index (χ2v) is 11.1. The molecule has 0 spiro atoms. The second kappa shape index (κ2) is 12.3. The summed E-state index contributed by atoms with van der Waals surface area (Å²) in [5.74, 6) is 0.741. The third-order valence-electron chi connectivity index (χ3n) is 8.20. The maximum atomic E-state index is 13.8. The van der Waals surface area contributed by atoms with Crippen molar-refractivity contribution in [2.75, 3.05) is 36.4 Å². The van der Waals surface area contributed by atoms with Gasteiger partial charge >= 0.3 is 0 Å². The summed E-state index contributed by atoms with van der Waals surface area (Å²) >= 11 is 0. The van der Waals surface area contributed by atoms with Gasteiger partial charge in [0.1, 0.15) is 0 Å². The van der Waals surface area contributed by atoms with Gasteiger partial charge in [0.2, 0.25) is 0 Å². The van der Waals surface area contributed by atoms with E-state index in [1.54, 1.807) is 6.07 Å². The molecule has 0 aromatic heterocycles. The first-order valence-corrected chi connectivity index (χ1v) is 14.2. The number of piperidine rings is 2. The van der Waals surface area contributed by atoms with Gasteiger partial charge in [0.05, 0.1) is 10.5 Å². The Kier molecular flexibility index (Phi) is 8.43. The highest BCUT2D eigenvalue weighted by Crippen LogP contribution is 2.32. The molecule has 3 aromatic rings. The Labute approximate surface area is 235 Å². The van der Waals surface area contributed by atoms with Crippen LogP contribution in [-0.2, 0) is 6.42 Å². The van der Waals surface area contributed by atoms with Gasteiger partial charge < -0.3 is 15.1 Å². The molecule has 0 saturated carbocycles. The van der Waals surface area contributed by atoms with Crippen LogP contribution in [-0.4, -0.2) is 47.8 Å². The highest BCUT2D eigenvalue weighted by atomic mass is 16.6. The number of rotatable bonds is 7. The number of likely N-dealkylation sites (tertiary alicyclic amines) is 1. The zero-order chi connectivity index (χ0) is 28.1. The molecule has 0 radical (unpaired) electrons.